The van der Waals surface area contributed by atoms with E-state index in [0.29, 0.717) is 33.6 Å². The lowest BCUT2D eigenvalue weighted by atomic mass is 10.1. The number of aromatic nitrogens is 7. The summed E-state index contributed by atoms with van der Waals surface area (Å²) in [4.78, 5) is 36.9. The molecule has 1 atom stereocenters. The van der Waals surface area contributed by atoms with Crippen molar-refractivity contribution in [1.29, 1.82) is 0 Å². The van der Waals surface area contributed by atoms with Crippen molar-refractivity contribution < 1.29 is 4.79 Å². The van der Waals surface area contributed by atoms with Crippen LogP contribution in [0.4, 0.5) is 5.82 Å². The Bertz CT molecular complexity index is 2080. The number of nitrogens with zero attached hydrogens (tertiary/aromatic N) is 7. The number of nitrogens with two attached hydrogens (primary N) is 1. The number of para-hydroxylation sites is 1. The molecule has 11 heteroatoms. The summed E-state index contributed by atoms with van der Waals surface area (Å²) in [6, 6.07) is 15.6. The van der Waals surface area contributed by atoms with Crippen LogP contribution in [0.5, 0.6) is 0 Å². The van der Waals surface area contributed by atoms with Crippen LogP contribution in [0.15, 0.2) is 78.0 Å². The van der Waals surface area contributed by atoms with Crippen molar-refractivity contribution in [3.05, 3.63) is 112 Å². The van der Waals surface area contributed by atoms with Gasteiger partial charge in [-0.2, -0.15) is 5.10 Å². The van der Waals surface area contributed by atoms with Gasteiger partial charge in [-0.3, -0.25) is 18.8 Å². The molecule has 0 fully saturated rings. The molecule has 0 bridgehead atoms. The molecule has 2 aromatic carbocycles. The second-order valence-electron chi connectivity index (χ2n) is 9.59. The third-order valence-electron chi connectivity index (χ3n) is 6.60. The third-order valence-corrected chi connectivity index (χ3v) is 6.60. The highest BCUT2D eigenvalue weighted by Crippen LogP contribution is 2.22. The number of anilines is 1. The Morgan fingerprint density at radius 3 is 2.61 bits per heavy atom. The van der Waals surface area contributed by atoms with Crippen molar-refractivity contribution in [2.45, 2.75) is 19.9 Å². The SMILES string of the molecule is Cc1ccn2nc(N)c(C(=O)NC(C)c3nc4cccc(C#Cc5cnn(C)c5)c4c(=O)n3-c3ccccc3)c2n1. The number of rotatable bonds is 4. The molecule has 3 N–H and O–H groups in total. The molecule has 0 aliphatic carbocycles. The molecule has 0 spiro atoms. The van der Waals surface area contributed by atoms with E-state index in [9.17, 15) is 9.59 Å². The van der Waals surface area contributed by atoms with Crippen LogP contribution in [-0.4, -0.2) is 39.8 Å². The Morgan fingerprint density at radius 1 is 1.05 bits per heavy atom. The lowest BCUT2D eigenvalue weighted by molar-refractivity contribution is 0.0940. The van der Waals surface area contributed by atoms with Gasteiger partial charge in [-0.05, 0) is 44.2 Å². The number of nitrogen functional groups attached to an aromatic ring is 1. The first-order chi connectivity index (χ1) is 19.8. The van der Waals surface area contributed by atoms with Crippen molar-refractivity contribution in [2.24, 2.45) is 7.05 Å². The molecular weight excluding hydrogens is 518 g/mol. The van der Waals surface area contributed by atoms with Crippen LogP contribution in [0.2, 0.25) is 0 Å². The Labute approximate surface area is 234 Å². The van der Waals surface area contributed by atoms with E-state index in [4.69, 9.17) is 10.7 Å². The molecule has 0 saturated carbocycles. The van der Waals surface area contributed by atoms with Gasteiger partial charge in [0.05, 0.1) is 34.4 Å². The summed E-state index contributed by atoms with van der Waals surface area (Å²) >= 11 is 0. The summed E-state index contributed by atoms with van der Waals surface area (Å²) in [7, 11) is 1.81. The standard InChI is InChI=1S/C30H25N9O2/c1-18-14-15-38-28(33-18)25(26(31)36-38)29(40)34-19(2)27-35-23-11-7-8-21(13-12-20-16-32-37(3)17-20)24(23)30(41)39(27)22-9-5-4-6-10-22/h4-11,14-17,19H,1-3H3,(H2,31,36)(H,34,40). The smallest absolute Gasteiger partial charge is 0.267 e. The molecule has 41 heavy (non-hydrogen) atoms. The Hall–Kier alpha value is -5.76. The van der Waals surface area contributed by atoms with Gasteiger partial charge in [-0.15, -0.1) is 5.10 Å². The number of hydrogen-bond donors (Lipinski definition) is 2. The number of amides is 1. The van der Waals surface area contributed by atoms with Crippen LogP contribution in [0.1, 0.15) is 46.0 Å². The average molecular weight is 544 g/mol. The first kappa shape index (κ1) is 25.5. The fraction of sp³-hybridized carbons (Fsp3) is 0.133. The first-order valence-electron chi connectivity index (χ1n) is 12.8. The average Bonchev–Trinajstić information content (AvgIpc) is 3.53. The highest BCUT2D eigenvalue weighted by atomic mass is 16.2. The summed E-state index contributed by atoms with van der Waals surface area (Å²) in [6.45, 7) is 3.58. The van der Waals surface area contributed by atoms with Crippen molar-refractivity contribution in [3.63, 3.8) is 0 Å². The molecule has 202 valence electrons. The number of hydrogen-bond acceptors (Lipinski definition) is 7. The highest BCUT2D eigenvalue weighted by molar-refractivity contribution is 6.04. The van der Waals surface area contributed by atoms with Crippen LogP contribution in [0, 0.1) is 18.8 Å². The van der Waals surface area contributed by atoms with Gasteiger partial charge in [0.1, 0.15) is 11.4 Å². The molecule has 1 unspecified atom stereocenters. The molecule has 0 radical (unpaired) electrons. The minimum absolute atomic E-state index is 0.0524. The zero-order valence-electron chi connectivity index (χ0n) is 22.5. The van der Waals surface area contributed by atoms with Crippen molar-refractivity contribution in [1.82, 2.24) is 39.2 Å². The Morgan fingerprint density at radius 2 is 1.85 bits per heavy atom. The van der Waals surface area contributed by atoms with E-state index < -0.39 is 11.9 Å². The zero-order chi connectivity index (χ0) is 28.7. The van der Waals surface area contributed by atoms with Gasteiger partial charge in [0.15, 0.2) is 11.5 Å². The normalized spacial score (nSPS) is 11.8. The first-order valence-corrected chi connectivity index (χ1v) is 12.8. The Balaban J connectivity index is 1.47. The monoisotopic (exact) mass is 543 g/mol. The lowest BCUT2D eigenvalue weighted by Gasteiger charge is -2.20. The van der Waals surface area contributed by atoms with E-state index in [2.05, 4.69) is 32.3 Å². The summed E-state index contributed by atoms with van der Waals surface area (Å²) in [6.07, 6.45) is 5.16. The van der Waals surface area contributed by atoms with Crippen molar-refractivity contribution in [3.8, 4) is 17.5 Å². The van der Waals surface area contributed by atoms with Crippen LogP contribution < -0.4 is 16.6 Å². The quantitative estimate of drug-likeness (QED) is 0.326. The maximum absolute atomic E-state index is 14.2. The number of carbonyl (C=O) groups excluding carboxylic acids is 1. The molecule has 0 aliphatic rings. The Kier molecular flexibility index (Phi) is 6.28. The van der Waals surface area contributed by atoms with E-state index >= 15 is 0 Å². The van der Waals surface area contributed by atoms with Gasteiger partial charge < -0.3 is 11.1 Å². The molecule has 11 nitrogen and oxygen atoms in total. The van der Waals surface area contributed by atoms with Crippen LogP contribution >= 0.6 is 0 Å². The third kappa shape index (κ3) is 4.68. The summed E-state index contributed by atoms with van der Waals surface area (Å²) in [5.74, 6) is 6.10. The summed E-state index contributed by atoms with van der Waals surface area (Å²) < 4.78 is 4.63. The lowest BCUT2D eigenvalue weighted by Crippen LogP contribution is -2.33. The minimum atomic E-state index is -0.691. The van der Waals surface area contributed by atoms with E-state index in [1.807, 2.05) is 44.3 Å². The maximum atomic E-state index is 14.2. The molecule has 6 aromatic rings. The molecule has 0 aliphatic heterocycles. The number of carbonyl (C=O) groups is 1. The largest absolute Gasteiger partial charge is 0.381 e. The van der Waals surface area contributed by atoms with Crippen molar-refractivity contribution >= 4 is 28.3 Å². The molecule has 6 rings (SSSR count). The minimum Gasteiger partial charge on any atom is -0.381 e. The fourth-order valence-corrected chi connectivity index (χ4v) is 4.68. The number of aryl methyl sites for hydroxylation is 2. The van der Waals surface area contributed by atoms with Gasteiger partial charge in [0.2, 0.25) is 0 Å². The van der Waals surface area contributed by atoms with Gasteiger partial charge >= 0.3 is 0 Å². The van der Waals surface area contributed by atoms with E-state index in [1.54, 1.807) is 54.5 Å². The van der Waals surface area contributed by atoms with Crippen LogP contribution in [0.3, 0.4) is 0 Å². The molecule has 4 heterocycles. The number of benzene rings is 2. The second kappa shape index (κ2) is 10.1. The predicted octanol–water partition coefficient (Wildman–Crippen LogP) is 2.94. The van der Waals surface area contributed by atoms with Crippen LogP contribution in [-0.2, 0) is 7.05 Å². The summed E-state index contributed by atoms with van der Waals surface area (Å²) in [5, 5.41) is 11.7. The summed E-state index contributed by atoms with van der Waals surface area (Å²) in [5.41, 5.74) is 9.35. The van der Waals surface area contributed by atoms with Gasteiger partial charge in [-0.1, -0.05) is 36.1 Å². The highest BCUT2D eigenvalue weighted by Gasteiger charge is 2.25. The molecule has 0 saturated heterocycles. The maximum Gasteiger partial charge on any atom is 0.267 e. The van der Waals surface area contributed by atoms with E-state index in [0.717, 1.165) is 11.3 Å². The predicted molar refractivity (Wildman–Crippen MR) is 155 cm³/mol. The van der Waals surface area contributed by atoms with Gasteiger partial charge in [0.25, 0.3) is 11.5 Å². The topological polar surface area (TPSA) is 138 Å². The van der Waals surface area contributed by atoms with Crippen molar-refractivity contribution in [2.75, 3.05) is 5.73 Å². The van der Waals surface area contributed by atoms with Gasteiger partial charge in [-0.25, -0.2) is 14.5 Å². The molecule has 1 amide bonds. The molecule has 4 aromatic heterocycles. The number of fused-ring (bicyclic) bond motifs is 2. The van der Waals surface area contributed by atoms with E-state index in [1.165, 1.54) is 9.08 Å². The molecular formula is C30H25N9O2. The fourth-order valence-electron chi connectivity index (χ4n) is 4.68. The van der Waals surface area contributed by atoms with Crippen LogP contribution in [0.25, 0.3) is 22.2 Å². The van der Waals surface area contributed by atoms with E-state index in [-0.39, 0.29) is 16.9 Å². The number of nitrogens with one attached hydrogen (secondary N) is 1. The van der Waals surface area contributed by atoms with Gasteiger partial charge in [0, 0.05) is 30.7 Å². The zero-order valence-corrected chi connectivity index (χ0v) is 22.5. The second-order valence-corrected chi connectivity index (χ2v) is 9.59.